The Morgan fingerprint density at radius 1 is 1.26 bits per heavy atom. The number of carbonyl (C=O) groups excluding carboxylic acids is 1. The van der Waals surface area contributed by atoms with Gasteiger partial charge in [-0.15, -0.1) is 10.2 Å². The standard InChI is InChI=1S/C23H22N6O5/c1-14-26-27-22(33-14)23(30)28-6-5-18(13-28)34-17-3-4-20-19(10-17)29(7-8-32-20)16-9-15(11-24)21(31-2)25-12-16/h3-4,9-10,12,18H,5-8,13H2,1-2H3. The molecule has 1 fully saturated rings. The van der Waals surface area contributed by atoms with E-state index in [0.717, 1.165) is 11.4 Å². The van der Waals surface area contributed by atoms with Crippen LogP contribution >= 0.6 is 0 Å². The van der Waals surface area contributed by atoms with E-state index in [1.54, 1.807) is 24.1 Å². The van der Waals surface area contributed by atoms with Crippen molar-refractivity contribution in [2.45, 2.75) is 19.4 Å². The van der Waals surface area contributed by atoms with Gasteiger partial charge in [-0.25, -0.2) is 4.98 Å². The lowest BCUT2D eigenvalue weighted by Crippen LogP contribution is -2.31. The number of fused-ring (bicyclic) bond motifs is 1. The van der Waals surface area contributed by atoms with E-state index in [1.807, 2.05) is 23.1 Å². The molecule has 0 bridgehead atoms. The van der Waals surface area contributed by atoms with Crippen LogP contribution in [-0.4, -0.2) is 65.4 Å². The Bertz CT molecular complexity index is 1270. The van der Waals surface area contributed by atoms with Gasteiger partial charge in [0.05, 0.1) is 37.8 Å². The van der Waals surface area contributed by atoms with Crippen molar-refractivity contribution in [2.75, 3.05) is 38.3 Å². The third kappa shape index (κ3) is 4.05. The summed E-state index contributed by atoms with van der Waals surface area (Å²) < 4.78 is 22.4. The van der Waals surface area contributed by atoms with Crippen LogP contribution < -0.4 is 19.1 Å². The molecule has 34 heavy (non-hydrogen) atoms. The highest BCUT2D eigenvalue weighted by Crippen LogP contribution is 2.40. The molecule has 4 heterocycles. The van der Waals surface area contributed by atoms with Gasteiger partial charge in [-0.05, 0) is 18.2 Å². The first-order valence-corrected chi connectivity index (χ1v) is 10.8. The van der Waals surface area contributed by atoms with E-state index in [1.165, 1.54) is 7.11 Å². The van der Waals surface area contributed by atoms with E-state index in [9.17, 15) is 10.1 Å². The van der Waals surface area contributed by atoms with Gasteiger partial charge in [0.2, 0.25) is 11.8 Å². The van der Waals surface area contributed by atoms with Crippen molar-refractivity contribution in [3.8, 4) is 23.4 Å². The lowest BCUT2D eigenvalue weighted by atomic mass is 10.2. The molecule has 0 radical (unpaired) electrons. The average molecular weight is 462 g/mol. The summed E-state index contributed by atoms with van der Waals surface area (Å²) in [7, 11) is 1.48. The van der Waals surface area contributed by atoms with Crippen molar-refractivity contribution in [3.63, 3.8) is 0 Å². The van der Waals surface area contributed by atoms with Gasteiger partial charge in [-0.2, -0.15) is 5.26 Å². The minimum Gasteiger partial charge on any atom is -0.490 e. The molecule has 1 saturated heterocycles. The number of amides is 1. The summed E-state index contributed by atoms with van der Waals surface area (Å²) in [5, 5.41) is 17.0. The number of hydrogen-bond acceptors (Lipinski definition) is 10. The fourth-order valence-corrected chi connectivity index (χ4v) is 4.09. The summed E-state index contributed by atoms with van der Waals surface area (Å²) >= 11 is 0. The smallest absolute Gasteiger partial charge is 0.311 e. The predicted octanol–water partition coefficient (Wildman–Crippen LogP) is 2.48. The van der Waals surface area contributed by atoms with Crippen molar-refractivity contribution in [3.05, 3.63) is 47.8 Å². The molecule has 1 amide bonds. The zero-order valence-corrected chi connectivity index (χ0v) is 18.7. The molecule has 1 unspecified atom stereocenters. The number of nitriles is 1. The normalized spacial score (nSPS) is 17.0. The number of benzene rings is 1. The van der Waals surface area contributed by atoms with Crippen molar-refractivity contribution in [1.29, 1.82) is 5.26 Å². The van der Waals surface area contributed by atoms with Gasteiger partial charge in [0, 0.05) is 26.0 Å². The quantitative estimate of drug-likeness (QED) is 0.558. The third-order valence-corrected chi connectivity index (χ3v) is 5.70. The van der Waals surface area contributed by atoms with E-state index in [0.29, 0.717) is 55.6 Å². The molecule has 174 valence electrons. The summed E-state index contributed by atoms with van der Waals surface area (Å²) in [5.74, 6) is 1.70. The average Bonchev–Trinajstić information content (AvgIpc) is 3.52. The Morgan fingerprint density at radius 3 is 2.91 bits per heavy atom. The Morgan fingerprint density at radius 2 is 2.15 bits per heavy atom. The van der Waals surface area contributed by atoms with Gasteiger partial charge in [0.1, 0.15) is 35.8 Å². The third-order valence-electron chi connectivity index (χ3n) is 5.70. The first kappa shape index (κ1) is 21.5. The Balaban J connectivity index is 1.33. The second kappa shape index (κ2) is 8.90. The SMILES string of the molecule is COc1ncc(N2CCOc3ccc(OC4CCN(C(=O)c5nnc(C)o5)C4)cc32)cc1C#N. The minimum atomic E-state index is -0.294. The fraction of sp³-hybridized carbons (Fsp3) is 0.348. The van der Waals surface area contributed by atoms with E-state index in [4.69, 9.17) is 18.6 Å². The predicted molar refractivity (Wildman–Crippen MR) is 118 cm³/mol. The number of aryl methyl sites for hydroxylation is 1. The lowest BCUT2D eigenvalue weighted by molar-refractivity contribution is 0.0731. The molecule has 2 aliphatic heterocycles. The number of aromatic nitrogens is 3. The molecule has 0 spiro atoms. The van der Waals surface area contributed by atoms with Gasteiger partial charge in [-0.3, -0.25) is 4.79 Å². The zero-order chi connectivity index (χ0) is 23.7. The molecule has 3 aromatic rings. The molecule has 0 saturated carbocycles. The summed E-state index contributed by atoms with van der Waals surface area (Å²) in [6, 6.07) is 9.47. The van der Waals surface area contributed by atoms with E-state index in [2.05, 4.69) is 21.3 Å². The number of hydrogen-bond donors (Lipinski definition) is 0. The number of nitrogens with zero attached hydrogens (tertiary/aromatic N) is 6. The maximum Gasteiger partial charge on any atom is 0.311 e. The van der Waals surface area contributed by atoms with E-state index in [-0.39, 0.29) is 23.8 Å². The monoisotopic (exact) mass is 462 g/mol. The molecule has 11 nitrogen and oxygen atoms in total. The van der Waals surface area contributed by atoms with Crippen LogP contribution in [0.1, 0.15) is 28.6 Å². The van der Waals surface area contributed by atoms with Crippen molar-refractivity contribution >= 4 is 17.3 Å². The highest BCUT2D eigenvalue weighted by atomic mass is 16.5. The molecule has 1 aromatic carbocycles. The van der Waals surface area contributed by atoms with Gasteiger partial charge in [0.15, 0.2) is 0 Å². The molecule has 2 aromatic heterocycles. The second-order valence-electron chi connectivity index (χ2n) is 7.90. The summed E-state index contributed by atoms with van der Waals surface area (Å²) in [6.07, 6.45) is 2.18. The fourth-order valence-electron chi connectivity index (χ4n) is 4.09. The van der Waals surface area contributed by atoms with Crippen LogP contribution in [-0.2, 0) is 0 Å². The topological polar surface area (TPSA) is 127 Å². The van der Waals surface area contributed by atoms with Crippen LogP contribution in [0, 0.1) is 18.3 Å². The van der Waals surface area contributed by atoms with Gasteiger partial charge in [0.25, 0.3) is 0 Å². The van der Waals surface area contributed by atoms with E-state index >= 15 is 0 Å². The molecular formula is C23H22N6O5. The first-order valence-electron chi connectivity index (χ1n) is 10.8. The molecule has 1 atom stereocenters. The first-order chi connectivity index (χ1) is 16.6. The van der Waals surface area contributed by atoms with Crippen LogP contribution in [0.25, 0.3) is 0 Å². The maximum absolute atomic E-state index is 12.6. The van der Waals surface area contributed by atoms with Crippen LogP contribution in [0.4, 0.5) is 11.4 Å². The lowest BCUT2D eigenvalue weighted by Gasteiger charge is -2.31. The van der Waals surface area contributed by atoms with Crippen LogP contribution in [0.2, 0.25) is 0 Å². The van der Waals surface area contributed by atoms with E-state index < -0.39 is 0 Å². The molecule has 0 N–H and O–H groups in total. The number of likely N-dealkylation sites (tertiary alicyclic amines) is 1. The number of pyridine rings is 1. The number of carbonyl (C=O) groups is 1. The number of ether oxygens (including phenoxy) is 3. The van der Waals surface area contributed by atoms with Crippen molar-refractivity contribution in [2.24, 2.45) is 0 Å². The van der Waals surface area contributed by atoms with Gasteiger partial charge in [-0.1, -0.05) is 0 Å². The van der Waals surface area contributed by atoms with Gasteiger partial charge < -0.3 is 28.4 Å². The number of rotatable bonds is 5. The minimum absolute atomic E-state index is 0.00967. The largest absolute Gasteiger partial charge is 0.490 e. The Labute approximate surface area is 195 Å². The summed E-state index contributed by atoms with van der Waals surface area (Å²) in [5.41, 5.74) is 1.92. The molecule has 11 heteroatoms. The molecule has 2 aliphatic rings. The van der Waals surface area contributed by atoms with Crippen molar-refractivity contribution < 1.29 is 23.4 Å². The zero-order valence-electron chi connectivity index (χ0n) is 18.7. The molecule has 5 rings (SSSR count). The van der Waals surface area contributed by atoms with Crippen LogP contribution in [0.5, 0.6) is 17.4 Å². The van der Waals surface area contributed by atoms with Crippen molar-refractivity contribution in [1.82, 2.24) is 20.1 Å². The van der Waals surface area contributed by atoms with Crippen LogP contribution in [0.3, 0.4) is 0 Å². The molecular weight excluding hydrogens is 440 g/mol. The molecule has 0 aliphatic carbocycles. The summed E-state index contributed by atoms with van der Waals surface area (Å²) in [4.78, 5) is 20.5. The highest BCUT2D eigenvalue weighted by Gasteiger charge is 2.31. The number of anilines is 2. The highest BCUT2D eigenvalue weighted by molar-refractivity contribution is 5.89. The maximum atomic E-state index is 12.6. The Hall–Kier alpha value is -4.33. The van der Waals surface area contributed by atoms with Gasteiger partial charge >= 0.3 is 11.8 Å². The van der Waals surface area contributed by atoms with Crippen LogP contribution in [0.15, 0.2) is 34.9 Å². The Kier molecular flexibility index (Phi) is 5.63. The number of methoxy groups -OCH3 is 1. The second-order valence-corrected chi connectivity index (χ2v) is 7.90. The summed E-state index contributed by atoms with van der Waals surface area (Å²) in [6.45, 7) is 3.69.